The van der Waals surface area contributed by atoms with Crippen molar-refractivity contribution in [1.82, 2.24) is 5.32 Å². The highest BCUT2D eigenvalue weighted by molar-refractivity contribution is 6.00. The molecule has 1 amide bonds. The van der Waals surface area contributed by atoms with Gasteiger partial charge in [0.1, 0.15) is 0 Å². The molecule has 1 heterocycles. The number of carbonyl (C=O) groups excluding carboxylic acids is 1. The van der Waals surface area contributed by atoms with Gasteiger partial charge in [-0.3, -0.25) is 4.79 Å². The van der Waals surface area contributed by atoms with Gasteiger partial charge >= 0.3 is 0 Å². The van der Waals surface area contributed by atoms with Crippen LogP contribution in [0.3, 0.4) is 0 Å². The third-order valence-electron chi connectivity index (χ3n) is 4.63. The van der Waals surface area contributed by atoms with Gasteiger partial charge in [0.2, 0.25) is 0 Å². The highest BCUT2D eigenvalue weighted by Crippen LogP contribution is 2.24. The molecular formula is C20H24N2O3. The summed E-state index contributed by atoms with van der Waals surface area (Å²) in [7, 11) is 1.70. The zero-order valence-electron chi connectivity index (χ0n) is 14.5. The topological polar surface area (TPSA) is 59.6 Å². The number of carbonyl (C=O) groups is 1. The molecular weight excluding hydrogens is 316 g/mol. The molecule has 0 saturated carbocycles. The second-order valence-corrected chi connectivity index (χ2v) is 6.22. The van der Waals surface area contributed by atoms with E-state index in [0.717, 1.165) is 24.2 Å². The monoisotopic (exact) mass is 340 g/mol. The summed E-state index contributed by atoms with van der Waals surface area (Å²) in [6.45, 7) is 1.80. The Morgan fingerprint density at radius 2 is 1.76 bits per heavy atom. The molecule has 0 spiro atoms. The fraction of sp³-hybridized carbons (Fsp3) is 0.350. The van der Waals surface area contributed by atoms with E-state index in [1.165, 1.54) is 0 Å². The van der Waals surface area contributed by atoms with E-state index < -0.39 is 0 Å². The number of anilines is 2. The molecule has 132 valence electrons. The number of para-hydroxylation sites is 2. The Morgan fingerprint density at radius 1 is 1.08 bits per heavy atom. The summed E-state index contributed by atoms with van der Waals surface area (Å²) in [5, 5.41) is 6.33. The Balaban J connectivity index is 1.69. The fourth-order valence-corrected chi connectivity index (χ4v) is 3.00. The summed E-state index contributed by atoms with van der Waals surface area (Å²) in [5.41, 5.74) is 2.00. The summed E-state index contributed by atoms with van der Waals surface area (Å²) >= 11 is 0. The normalized spacial score (nSPS) is 16.2. The molecule has 0 atom stereocenters. The van der Waals surface area contributed by atoms with Gasteiger partial charge in [0.15, 0.2) is 0 Å². The number of ether oxygens (including phenoxy) is 2. The molecule has 1 aliphatic rings. The minimum atomic E-state index is -0.338. The standard InChI is InChI=1S/C20H24N2O3/c1-24-20(11-13-25-14-12-20)15-21-19(23)17-9-5-6-10-18(17)22-16-7-3-2-4-8-16/h2-10,22H,11-15H2,1H3,(H,21,23). The van der Waals surface area contributed by atoms with Crippen molar-refractivity contribution in [3.63, 3.8) is 0 Å². The van der Waals surface area contributed by atoms with E-state index in [4.69, 9.17) is 9.47 Å². The molecule has 1 saturated heterocycles. The van der Waals surface area contributed by atoms with Crippen molar-refractivity contribution in [2.45, 2.75) is 18.4 Å². The first-order valence-electron chi connectivity index (χ1n) is 8.55. The van der Waals surface area contributed by atoms with Crippen molar-refractivity contribution < 1.29 is 14.3 Å². The average Bonchev–Trinajstić information content (AvgIpc) is 2.68. The van der Waals surface area contributed by atoms with E-state index in [9.17, 15) is 4.79 Å². The Bertz CT molecular complexity index is 697. The second-order valence-electron chi connectivity index (χ2n) is 6.22. The molecule has 2 N–H and O–H groups in total. The minimum absolute atomic E-state index is 0.109. The van der Waals surface area contributed by atoms with Crippen LogP contribution in [0.4, 0.5) is 11.4 Å². The molecule has 0 aromatic heterocycles. The molecule has 2 aromatic carbocycles. The van der Waals surface area contributed by atoms with Gasteiger partial charge in [0.05, 0.1) is 16.9 Å². The van der Waals surface area contributed by atoms with Crippen molar-refractivity contribution in [2.75, 3.05) is 32.2 Å². The van der Waals surface area contributed by atoms with Crippen LogP contribution in [-0.4, -0.2) is 38.4 Å². The number of benzene rings is 2. The summed E-state index contributed by atoms with van der Waals surface area (Å²) in [5.74, 6) is -0.109. The predicted molar refractivity (Wildman–Crippen MR) is 98.3 cm³/mol. The van der Waals surface area contributed by atoms with Crippen LogP contribution >= 0.6 is 0 Å². The number of nitrogens with one attached hydrogen (secondary N) is 2. The van der Waals surface area contributed by atoms with Crippen molar-refractivity contribution in [1.29, 1.82) is 0 Å². The smallest absolute Gasteiger partial charge is 0.253 e. The molecule has 0 bridgehead atoms. The largest absolute Gasteiger partial charge is 0.381 e. The summed E-state index contributed by atoms with van der Waals surface area (Å²) in [6.07, 6.45) is 1.57. The molecule has 0 aliphatic carbocycles. The lowest BCUT2D eigenvalue weighted by molar-refractivity contribution is -0.0864. The average molecular weight is 340 g/mol. The van der Waals surface area contributed by atoms with Crippen LogP contribution in [0.15, 0.2) is 54.6 Å². The maximum Gasteiger partial charge on any atom is 0.253 e. The summed E-state index contributed by atoms with van der Waals surface area (Å²) in [4.78, 5) is 12.7. The van der Waals surface area contributed by atoms with Crippen LogP contribution in [-0.2, 0) is 9.47 Å². The molecule has 5 heteroatoms. The van der Waals surface area contributed by atoms with E-state index in [0.29, 0.717) is 25.3 Å². The number of rotatable bonds is 6. The lowest BCUT2D eigenvalue weighted by Gasteiger charge is -2.36. The Kier molecular flexibility index (Phi) is 5.68. The van der Waals surface area contributed by atoms with Gasteiger partial charge in [0, 0.05) is 45.4 Å². The molecule has 3 rings (SSSR count). The van der Waals surface area contributed by atoms with E-state index in [1.807, 2.05) is 54.6 Å². The minimum Gasteiger partial charge on any atom is -0.381 e. The van der Waals surface area contributed by atoms with Crippen molar-refractivity contribution in [3.8, 4) is 0 Å². The Morgan fingerprint density at radius 3 is 2.48 bits per heavy atom. The number of amides is 1. The fourth-order valence-electron chi connectivity index (χ4n) is 3.00. The first-order chi connectivity index (χ1) is 12.2. The third-order valence-corrected chi connectivity index (χ3v) is 4.63. The summed E-state index contributed by atoms with van der Waals surface area (Å²) in [6, 6.07) is 17.3. The van der Waals surface area contributed by atoms with Gasteiger partial charge in [-0.15, -0.1) is 0 Å². The van der Waals surface area contributed by atoms with Crippen LogP contribution in [0, 0.1) is 0 Å². The van der Waals surface area contributed by atoms with Gasteiger partial charge in [-0.05, 0) is 24.3 Å². The zero-order chi connectivity index (χ0) is 17.5. The molecule has 0 unspecified atom stereocenters. The SMILES string of the molecule is COC1(CNC(=O)c2ccccc2Nc2ccccc2)CCOCC1. The highest BCUT2D eigenvalue weighted by Gasteiger charge is 2.33. The second kappa shape index (κ2) is 8.14. The van der Waals surface area contributed by atoms with Crippen LogP contribution in [0.1, 0.15) is 23.2 Å². The number of hydrogen-bond acceptors (Lipinski definition) is 4. The molecule has 1 aliphatic heterocycles. The lowest BCUT2D eigenvalue weighted by Crippen LogP contribution is -2.48. The number of hydrogen-bond donors (Lipinski definition) is 2. The lowest BCUT2D eigenvalue weighted by atomic mass is 9.94. The van der Waals surface area contributed by atoms with Crippen LogP contribution in [0.5, 0.6) is 0 Å². The molecule has 25 heavy (non-hydrogen) atoms. The van der Waals surface area contributed by atoms with E-state index in [-0.39, 0.29) is 11.5 Å². The summed E-state index contributed by atoms with van der Waals surface area (Å²) < 4.78 is 11.1. The molecule has 0 radical (unpaired) electrons. The molecule has 2 aromatic rings. The maximum atomic E-state index is 12.7. The van der Waals surface area contributed by atoms with Crippen LogP contribution in [0.2, 0.25) is 0 Å². The maximum absolute atomic E-state index is 12.7. The predicted octanol–water partition coefficient (Wildman–Crippen LogP) is 3.36. The Labute approximate surface area is 148 Å². The van der Waals surface area contributed by atoms with E-state index in [2.05, 4.69) is 10.6 Å². The van der Waals surface area contributed by atoms with Gasteiger partial charge in [-0.1, -0.05) is 30.3 Å². The van der Waals surface area contributed by atoms with Crippen LogP contribution < -0.4 is 10.6 Å². The quantitative estimate of drug-likeness (QED) is 0.847. The molecule has 1 fully saturated rings. The van der Waals surface area contributed by atoms with E-state index in [1.54, 1.807) is 7.11 Å². The van der Waals surface area contributed by atoms with E-state index >= 15 is 0 Å². The van der Waals surface area contributed by atoms with Gasteiger partial charge in [-0.25, -0.2) is 0 Å². The van der Waals surface area contributed by atoms with Gasteiger partial charge < -0.3 is 20.1 Å². The van der Waals surface area contributed by atoms with Crippen molar-refractivity contribution in [3.05, 3.63) is 60.2 Å². The third kappa shape index (κ3) is 4.38. The molecule has 5 nitrogen and oxygen atoms in total. The number of methoxy groups -OCH3 is 1. The first-order valence-corrected chi connectivity index (χ1v) is 8.55. The zero-order valence-corrected chi connectivity index (χ0v) is 14.5. The highest BCUT2D eigenvalue weighted by atomic mass is 16.5. The van der Waals surface area contributed by atoms with Gasteiger partial charge in [-0.2, -0.15) is 0 Å². The van der Waals surface area contributed by atoms with Crippen LogP contribution in [0.25, 0.3) is 0 Å². The Hall–Kier alpha value is -2.37. The first kappa shape index (κ1) is 17.5. The van der Waals surface area contributed by atoms with Crippen molar-refractivity contribution in [2.24, 2.45) is 0 Å². The van der Waals surface area contributed by atoms with Gasteiger partial charge in [0.25, 0.3) is 5.91 Å². The van der Waals surface area contributed by atoms with Crippen molar-refractivity contribution >= 4 is 17.3 Å².